The molecule has 0 aliphatic carbocycles. The van der Waals surface area contributed by atoms with E-state index in [4.69, 9.17) is 12.2 Å². The first-order chi connectivity index (χ1) is 10.2. The minimum absolute atomic E-state index is 0.451. The van der Waals surface area contributed by atoms with Gasteiger partial charge in [-0.15, -0.1) is 0 Å². The zero-order valence-electron chi connectivity index (χ0n) is 11.4. The summed E-state index contributed by atoms with van der Waals surface area (Å²) in [5, 5.41) is 11.4. The number of aromatic nitrogens is 4. The van der Waals surface area contributed by atoms with E-state index in [1.165, 1.54) is 0 Å². The van der Waals surface area contributed by atoms with Gasteiger partial charge in [-0.3, -0.25) is 4.98 Å². The Morgan fingerprint density at radius 2 is 2.19 bits per heavy atom. The van der Waals surface area contributed by atoms with Crippen LogP contribution >= 0.6 is 12.2 Å². The summed E-state index contributed by atoms with van der Waals surface area (Å²) in [7, 11) is 0. The molecule has 0 bridgehead atoms. The van der Waals surface area contributed by atoms with Gasteiger partial charge in [-0.05, 0) is 31.3 Å². The van der Waals surface area contributed by atoms with Crippen LogP contribution in [-0.4, -0.2) is 26.1 Å². The van der Waals surface area contributed by atoms with Gasteiger partial charge in [-0.1, -0.05) is 29.8 Å². The molecule has 0 spiro atoms. The molecule has 0 atom stereocenters. The third-order valence-electron chi connectivity index (χ3n) is 2.93. The number of benzene rings is 1. The zero-order valence-corrected chi connectivity index (χ0v) is 12.2. The average molecular weight is 295 g/mol. The number of aromatic amines is 1. The Morgan fingerprint density at radius 3 is 2.95 bits per heavy atom. The molecule has 1 aromatic carbocycles. The van der Waals surface area contributed by atoms with Crippen LogP contribution in [0.2, 0.25) is 0 Å². The molecule has 0 aliphatic heterocycles. The summed E-state index contributed by atoms with van der Waals surface area (Å²) in [5.41, 5.74) is 3.02. The van der Waals surface area contributed by atoms with E-state index in [0.717, 1.165) is 16.7 Å². The van der Waals surface area contributed by atoms with Gasteiger partial charge < -0.3 is 0 Å². The van der Waals surface area contributed by atoms with Crippen LogP contribution in [0.3, 0.4) is 0 Å². The molecule has 0 aliphatic rings. The largest absolute Gasteiger partial charge is 0.264 e. The number of hydrogen-bond donors (Lipinski definition) is 1. The fraction of sp³-hybridized carbons (Fsp3) is 0.0667. The van der Waals surface area contributed by atoms with Crippen LogP contribution in [0.15, 0.2) is 53.9 Å². The molecular formula is C15H13N5S. The lowest BCUT2D eigenvalue weighted by Crippen LogP contribution is -1.95. The number of H-pyrrole nitrogens is 1. The van der Waals surface area contributed by atoms with Gasteiger partial charge >= 0.3 is 0 Å². The lowest BCUT2D eigenvalue weighted by atomic mass is 10.1. The second-order valence-electron chi connectivity index (χ2n) is 4.56. The van der Waals surface area contributed by atoms with Crippen molar-refractivity contribution >= 4 is 18.4 Å². The molecule has 0 fully saturated rings. The summed E-state index contributed by atoms with van der Waals surface area (Å²) in [5.74, 6) is 0.684. The summed E-state index contributed by atoms with van der Waals surface area (Å²) < 4.78 is 2.06. The van der Waals surface area contributed by atoms with Gasteiger partial charge in [0.2, 0.25) is 4.77 Å². The maximum atomic E-state index is 5.24. The third-order valence-corrected chi connectivity index (χ3v) is 3.20. The van der Waals surface area contributed by atoms with Crippen LogP contribution in [0.25, 0.3) is 11.4 Å². The standard InChI is InChI=1S/C15H13N5S/c1-11-4-2-6-13(8-11)14-18-19-15(21)20(14)17-10-12-5-3-7-16-9-12/h2-10H,1H3,(H,19,21). The summed E-state index contributed by atoms with van der Waals surface area (Å²) in [4.78, 5) is 4.05. The molecule has 0 radical (unpaired) electrons. The molecule has 2 heterocycles. The molecule has 0 unspecified atom stereocenters. The number of nitrogens with zero attached hydrogens (tertiary/aromatic N) is 4. The fourth-order valence-corrected chi connectivity index (χ4v) is 2.13. The van der Waals surface area contributed by atoms with Gasteiger partial charge in [0.15, 0.2) is 5.82 Å². The zero-order chi connectivity index (χ0) is 14.7. The van der Waals surface area contributed by atoms with Crippen LogP contribution in [0.5, 0.6) is 0 Å². The molecule has 1 N–H and O–H groups in total. The number of pyridine rings is 1. The van der Waals surface area contributed by atoms with Crippen molar-refractivity contribution in [3.8, 4) is 11.4 Å². The van der Waals surface area contributed by atoms with Gasteiger partial charge in [0, 0.05) is 23.5 Å². The highest BCUT2D eigenvalue weighted by Gasteiger charge is 2.07. The first kappa shape index (κ1) is 13.4. The SMILES string of the molecule is Cc1cccc(-c2n[nH]c(=S)n2N=Cc2cccnc2)c1. The van der Waals surface area contributed by atoms with Crippen LogP contribution in [-0.2, 0) is 0 Å². The topological polar surface area (TPSA) is 58.9 Å². The van der Waals surface area contributed by atoms with Crippen molar-refractivity contribution in [3.63, 3.8) is 0 Å². The number of rotatable bonds is 3. The van der Waals surface area contributed by atoms with Crippen molar-refractivity contribution < 1.29 is 0 Å². The molecule has 2 aromatic heterocycles. The molecular weight excluding hydrogens is 282 g/mol. The van der Waals surface area contributed by atoms with Crippen molar-refractivity contribution in [1.29, 1.82) is 0 Å². The normalized spacial score (nSPS) is 11.1. The van der Waals surface area contributed by atoms with Crippen molar-refractivity contribution in [2.75, 3.05) is 0 Å². The quantitative estimate of drug-likeness (QED) is 0.596. The van der Waals surface area contributed by atoms with Crippen molar-refractivity contribution in [1.82, 2.24) is 19.9 Å². The van der Waals surface area contributed by atoms with Crippen molar-refractivity contribution in [3.05, 3.63) is 64.7 Å². The summed E-state index contributed by atoms with van der Waals surface area (Å²) in [6.07, 6.45) is 5.16. The van der Waals surface area contributed by atoms with Crippen LogP contribution in [0.4, 0.5) is 0 Å². The Kier molecular flexibility index (Phi) is 3.70. The van der Waals surface area contributed by atoms with Gasteiger partial charge in [-0.25, -0.2) is 5.10 Å². The molecule has 21 heavy (non-hydrogen) atoms. The van der Waals surface area contributed by atoms with E-state index in [-0.39, 0.29) is 0 Å². The van der Waals surface area contributed by atoms with Gasteiger partial charge in [0.05, 0.1) is 6.21 Å². The van der Waals surface area contributed by atoms with E-state index in [1.807, 2.05) is 43.3 Å². The summed E-state index contributed by atoms with van der Waals surface area (Å²) in [6, 6.07) is 11.8. The number of hydrogen-bond acceptors (Lipinski definition) is 4. The smallest absolute Gasteiger partial charge is 0.216 e. The van der Waals surface area contributed by atoms with Gasteiger partial charge in [0.25, 0.3) is 0 Å². The first-order valence-corrected chi connectivity index (χ1v) is 6.84. The monoisotopic (exact) mass is 295 g/mol. The van der Waals surface area contributed by atoms with E-state index in [2.05, 4.69) is 20.3 Å². The summed E-state index contributed by atoms with van der Waals surface area (Å²) >= 11 is 5.24. The molecule has 0 saturated carbocycles. The predicted octanol–water partition coefficient (Wildman–Crippen LogP) is 3.19. The average Bonchev–Trinajstić information content (AvgIpc) is 2.87. The van der Waals surface area contributed by atoms with Gasteiger partial charge in [0.1, 0.15) is 0 Å². The Balaban J connectivity index is 2.02. The third kappa shape index (κ3) is 2.95. The van der Waals surface area contributed by atoms with Gasteiger partial charge in [-0.2, -0.15) is 14.9 Å². The van der Waals surface area contributed by atoms with Crippen LogP contribution in [0, 0.1) is 11.7 Å². The van der Waals surface area contributed by atoms with Crippen molar-refractivity contribution in [2.45, 2.75) is 6.92 Å². The molecule has 5 nitrogen and oxygen atoms in total. The highest BCUT2D eigenvalue weighted by Crippen LogP contribution is 2.18. The maximum Gasteiger partial charge on any atom is 0.216 e. The minimum atomic E-state index is 0.451. The molecule has 6 heteroatoms. The van der Waals surface area contributed by atoms with E-state index < -0.39 is 0 Å². The van der Waals surface area contributed by atoms with E-state index >= 15 is 0 Å². The Bertz CT molecular complexity index is 833. The Morgan fingerprint density at radius 1 is 1.29 bits per heavy atom. The molecule has 0 saturated heterocycles. The second-order valence-corrected chi connectivity index (χ2v) is 4.95. The number of nitrogens with one attached hydrogen (secondary N) is 1. The fourth-order valence-electron chi connectivity index (χ4n) is 1.95. The lowest BCUT2D eigenvalue weighted by molar-refractivity contribution is 0.871. The van der Waals surface area contributed by atoms with E-state index in [0.29, 0.717) is 10.6 Å². The number of aryl methyl sites for hydroxylation is 1. The second kappa shape index (κ2) is 5.80. The minimum Gasteiger partial charge on any atom is -0.264 e. The highest BCUT2D eigenvalue weighted by atomic mass is 32.1. The Labute approximate surface area is 127 Å². The van der Waals surface area contributed by atoms with E-state index in [1.54, 1.807) is 23.3 Å². The van der Waals surface area contributed by atoms with E-state index in [9.17, 15) is 0 Å². The van der Waals surface area contributed by atoms with Crippen LogP contribution in [0.1, 0.15) is 11.1 Å². The Hall–Kier alpha value is -2.60. The molecule has 3 rings (SSSR count). The highest BCUT2D eigenvalue weighted by molar-refractivity contribution is 7.71. The van der Waals surface area contributed by atoms with Crippen LogP contribution < -0.4 is 0 Å². The molecule has 104 valence electrons. The first-order valence-electron chi connectivity index (χ1n) is 6.43. The molecule has 3 aromatic rings. The lowest BCUT2D eigenvalue weighted by Gasteiger charge is -2.02. The molecule has 0 amide bonds. The summed E-state index contributed by atoms with van der Waals surface area (Å²) in [6.45, 7) is 2.04. The van der Waals surface area contributed by atoms with Crippen molar-refractivity contribution in [2.24, 2.45) is 5.10 Å². The maximum absolute atomic E-state index is 5.24. The predicted molar refractivity (Wildman–Crippen MR) is 84.8 cm³/mol.